The third kappa shape index (κ3) is 4.78. The van der Waals surface area contributed by atoms with Crippen LogP contribution in [0.25, 0.3) is 0 Å². The molecule has 0 radical (unpaired) electrons. The Morgan fingerprint density at radius 1 is 1.25 bits per heavy atom. The van der Waals surface area contributed by atoms with Gasteiger partial charge in [-0.05, 0) is 49.9 Å². The van der Waals surface area contributed by atoms with Gasteiger partial charge in [0, 0.05) is 24.0 Å². The molecular weight excluding hydrogens is 328 g/mol. The van der Waals surface area contributed by atoms with Gasteiger partial charge in [-0.2, -0.15) is 0 Å². The Bertz CT molecular complexity index is 716. The Hall–Kier alpha value is -2.44. The van der Waals surface area contributed by atoms with Crippen molar-refractivity contribution in [1.82, 2.24) is 9.88 Å². The van der Waals surface area contributed by atoms with Gasteiger partial charge in [0.2, 0.25) is 11.8 Å². The molecule has 0 spiro atoms. The minimum absolute atomic E-state index is 0.147. The summed E-state index contributed by atoms with van der Waals surface area (Å²) < 4.78 is 0. The first-order valence-corrected chi connectivity index (χ1v) is 7.76. The van der Waals surface area contributed by atoms with Crippen LogP contribution in [0, 0.1) is 0 Å². The Morgan fingerprint density at radius 2 is 1.92 bits per heavy atom. The van der Waals surface area contributed by atoms with Gasteiger partial charge in [0.05, 0.1) is 6.04 Å². The zero-order chi connectivity index (χ0) is 17.7. The summed E-state index contributed by atoms with van der Waals surface area (Å²) in [5.41, 5.74) is 7.16. The van der Waals surface area contributed by atoms with E-state index in [0.29, 0.717) is 22.9 Å². The number of halogens is 1. The highest BCUT2D eigenvalue weighted by Crippen LogP contribution is 2.12. The second-order valence-corrected chi connectivity index (χ2v) is 5.90. The van der Waals surface area contributed by atoms with E-state index in [1.807, 2.05) is 24.9 Å². The minimum atomic E-state index is -0.502. The largest absolute Gasteiger partial charge is 0.366 e. The van der Waals surface area contributed by atoms with Crippen LogP contribution in [0.1, 0.15) is 22.8 Å². The molecule has 3 N–H and O–H groups in total. The molecule has 1 aromatic carbocycles. The first kappa shape index (κ1) is 17.9. The molecule has 2 rings (SSSR count). The molecule has 1 aromatic heterocycles. The van der Waals surface area contributed by atoms with E-state index in [-0.39, 0.29) is 11.9 Å². The standard InChI is InChI=1S/C17H19ClN4O2/c1-11(22(2)10-12-3-8-15(18)20-9-12)17(24)21-14-6-4-13(5-7-14)16(19)23/h3-9,11H,10H2,1-2H3,(H2,19,23)(H,21,24)/t11-/m0/s1. The molecule has 0 saturated carbocycles. The lowest BCUT2D eigenvalue weighted by Gasteiger charge is -2.23. The Balaban J connectivity index is 1.95. The van der Waals surface area contributed by atoms with E-state index in [4.69, 9.17) is 17.3 Å². The number of rotatable bonds is 6. The topological polar surface area (TPSA) is 88.3 Å². The zero-order valence-electron chi connectivity index (χ0n) is 13.5. The fraction of sp³-hybridized carbons (Fsp3) is 0.235. The number of benzene rings is 1. The van der Waals surface area contributed by atoms with Gasteiger partial charge in [0.25, 0.3) is 0 Å². The molecule has 2 aromatic rings. The molecule has 1 atom stereocenters. The summed E-state index contributed by atoms with van der Waals surface area (Å²) in [6.07, 6.45) is 1.69. The highest BCUT2D eigenvalue weighted by molar-refractivity contribution is 6.29. The quantitative estimate of drug-likeness (QED) is 0.785. The molecule has 0 aliphatic rings. The van der Waals surface area contributed by atoms with Gasteiger partial charge in [-0.3, -0.25) is 14.5 Å². The predicted octanol–water partition coefficient (Wildman–Crippen LogP) is 2.29. The minimum Gasteiger partial charge on any atom is -0.366 e. The second kappa shape index (κ2) is 7.90. The van der Waals surface area contributed by atoms with Crippen LogP contribution in [0.5, 0.6) is 0 Å². The zero-order valence-corrected chi connectivity index (χ0v) is 14.2. The molecule has 126 valence electrons. The summed E-state index contributed by atoms with van der Waals surface area (Å²) in [4.78, 5) is 29.3. The van der Waals surface area contributed by atoms with Crippen LogP contribution in [0.15, 0.2) is 42.6 Å². The number of nitrogens with zero attached hydrogens (tertiary/aromatic N) is 2. The Kier molecular flexibility index (Phi) is 5.89. The molecule has 7 heteroatoms. The lowest BCUT2D eigenvalue weighted by atomic mass is 10.2. The van der Waals surface area contributed by atoms with Crippen LogP contribution in [-0.2, 0) is 11.3 Å². The molecule has 0 aliphatic heterocycles. The van der Waals surface area contributed by atoms with Crippen LogP contribution in [0.3, 0.4) is 0 Å². The fourth-order valence-corrected chi connectivity index (χ4v) is 2.20. The maximum absolute atomic E-state index is 12.3. The van der Waals surface area contributed by atoms with E-state index in [1.54, 1.807) is 36.5 Å². The van der Waals surface area contributed by atoms with Crippen molar-refractivity contribution in [2.75, 3.05) is 12.4 Å². The number of primary amides is 1. The first-order valence-electron chi connectivity index (χ1n) is 7.38. The van der Waals surface area contributed by atoms with Crippen molar-refractivity contribution in [3.8, 4) is 0 Å². The van der Waals surface area contributed by atoms with Gasteiger partial charge in [-0.15, -0.1) is 0 Å². The number of likely N-dealkylation sites (N-methyl/N-ethyl adjacent to an activating group) is 1. The summed E-state index contributed by atoms with van der Waals surface area (Å²) in [6.45, 7) is 2.38. The van der Waals surface area contributed by atoms with Crippen molar-refractivity contribution in [3.05, 3.63) is 58.9 Å². The van der Waals surface area contributed by atoms with Crippen LogP contribution >= 0.6 is 11.6 Å². The third-order valence-electron chi connectivity index (χ3n) is 3.70. The number of hydrogen-bond donors (Lipinski definition) is 2. The van der Waals surface area contributed by atoms with Crippen molar-refractivity contribution < 1.29 is 9.59 Å². The molecule has 2 amide bonds. The highest BCUT2D eigenvalue weighted by Gasteiger charge is 2.18. The molecule has 6 nitrogen and oxygen atoms in total. The van der Waals surface area contributed by atoms with Crippen molar-refractivity contribution >= 4 is 29.1 Å². The average molecular weight is 347 g/mol. The number of amides is 2. The van der Waals surface area contributed by atoms with Crippen molar-refractivity contribution in [3.63, 3.8) is 0 Å². The summed E-state index contributed by atoms with van der Waals surface area (Å²) >= 11 is 5.76. The van der Waals surface area contributed by atoms with Crippen LogP contribution < -0.4 is 11.1 Å². The second-order valence-electron chi connectivity index (χ2n) is 5.51. The maximum Gasteiger partial charge on any atom is 0.248 e. The Morgan fingerprint density at radius 3 is 2.46 bits per heavy atom. The summed E-state index contributed by atoms with van der Waals surface area (Å²) in [5.74, 6) is -0.649. The highest BCUT2D eigenvalue weighted by atomic mass is 35.5. The predicted molar refractivity (Wildman–Crippen MR) is 93.8 cm³/mol. The molecule has 0 bridgehead atoms. The molecule has 24 heavy (non-hydrogen) atoms. The lowest BCUT2D eigenvalue weighted by Crippen LogP contribution is -2.39. The van der Waals surface area contributed by atoms with Gasteiger partial charge in [-0.1, -0.05) is 17.7 Å². The van der Waals surface area contributed by atoms with Crippen LogP contribution in [0.2, 0.25) is 5.15 Å². The lowest BCUT2D eigenvalue weighted by molar-refractivity contribution is -0.120. The van der Waals surface area contributed by atoms with Gasteiger partial charge < -0.3 is 11.1 Å². The number of nitrogens with one attached hydrogen (secondary N) is 1. The summed E-state index contributed by atoms with van der Waals surface area (Å²) in [6, 6.07) is 9.69. The van der Waals surface area contributed by atoms with E-state index >= 15 is 0 Å². The number of aromatic nitrogens is 1. The molecule has 1 heterocycles. The molecule has 0 aliphatic carbocycles. The van der Waals surface area contributed by atoms with Crippen molar-refractivity contribution in [2.24, 2.45) is 5.73 Å². The fourth-order valence-electron chi connectivity index (χ4n) is 2.09. The number of pyridine rings is 1. The normalized spacial score (nSPS) is 12.0. The van der Waals surface area contributed by atoms with E-state index in [0.717, 1.165) is 5.56 Å². The molecule has 0 unspecified atom stereocenters. The third-order valence-corrected chi connectivity index (χ3v) is 3.92. The van der Waals surface area contributed by atoms with E-state index in [1.165, 1.54) is 0 Å². The van der Waals surface area contributed by atoms with Crippen LogP contribution in [0.4, 0.5) is 5.69 Å². The summed E-state index contributed by atoms with van der Waals surface area (Å²) in [7, 11) is 1.86. The first-order chi connectivity index (χ1) is 11.4. The number of carbonyl (C=O) groups excluding carboxylic acids is 2. The number of hydrogen-bond acceptors (Lipinski definition) is 4. The maximum atomic E-state index is 12.3. The summed E-state index contributed by atoms with van der Waals surface area (Å²) in [5, 5.41) is 3.25. The molecule has 0 saturated heterocycles. The monoisotopic (exact) mass is 346 g/mol. The molecule has 0 fully saturated rings. The van der Waals surface area contributed by atoms with Gasteiger partial charge in [0.1, 0.15) is 5.15 Å². The number of anilines is 1. The van der Waals surface area contributed by atoms with E-state index < -0.39 is 5.91 Å². The van der Waals surface area contributed by atoms with E-state index in [2.05, 4.69) is 10.3 Å². The van der Waals surface area contributed by atoms with Gasteiger partial charge in [-0.25, -0.2) is 4.98 Å². The van der Waals surface area contributed by atoms with Gasteiger partial charge in [0.15, 0.2) is 0 Å². The van der Waals surface area contributed by atoms with Gasteiger partial charge >= 0.3 is 0 Å². The number of carbonyl (C=O) groups is 2. The van der Waals surface area contributed by atoms with Crippen molar-refractivity contribution in [1.29, 1.82) is 0 Å². The van der Waals surface area contributed by atoms with Crippen LogP contribution in [-0.4, -0.2) is 34.8 Å². The average Bonchev–Trinajstić information content (AvgIpc) is 2.56. The Labute approximate surface area is 145 Å². The SMILES string of the molecule is C[C@@H](C(=O)Nc1ccc(C(N)=O)cc1)N(C)Cc1ccc(Cl)nc1. The molecular formula is C17H19ClN4O2. The number of nitrogens with two attached hydrogens (primary N) is 1. The smallest absolute Gasteiger partial charge is 0.248 e. The van der Waals surface area contributed by atoms with E-state index in [9.17, 15) is 9.59 Å². The van der Waals surface area contributed by atoms with Crippen molar-refractivity contribution in [2.45, 2.75) is 19.5 Å².